The zero-order valence-corrected chi connectivity index (χ0v) is 13.9. The van der Waals surface area contributed by atoms with Crippen molar-refractivity contribution < 1.29 is 9.59 Å². The second-order valence-corrected chi connectivity index (χ2v) is 5.66. The standard InChI is InChI=1S/C19H21N3O2/c1-4-10-21-18(23)15-9-11-20-17(12-15)19(24)22-16-7-5-14(6-8-16)13(2)3/h4-9,11-13H,1,10H2,2-3H3,(H,21,23)(H,22,24). The van der Waals surface area contributed by atoms with Crippen molar-refractivity contribution in [3.63, 3.8) is 0 Å². The Balaban J connectivity index is 2.09. The lowest BCUT2D eigenvalue weighted by Gasteiger charge is -2.09. The number of aromatic nitrogens is 1. The molecule has 2 N–H and O–H groups in total. The number of carbonyl (C=O) groups excluding carboxylic acids is 2. The summed E-state index contributed by atoms with van der Waals surface area (Å²) in [6, 6.07) is 10.7. The number of hydrogen-bond donors (Lipinski definition) is 2. The summed E-state index contributed by atoms with van der Waals surface area (Å²) < 4.78 is 0. The summed E-state index contributed by atoms with van der Waals surface area (Å²) in [5, 5.41) is 5.45. The molecule has 0 spiro atoms. The predicted octanol–water partition coefficient (Wildman–Crippen LogP) is 3.37. The van der Waals surface area contributed by atoms with E-state index >= 15 is 0 Å². The molecule has 24 heavy (non-hydrogen) atoms. The van der Waals surface area contributed by atoms with Crippen molar-refractivity contribution in [1.29, 1.82) is 0 Å². The molecule has 1 aromatic carbocycles. The van der Waals surface area contributed by atoms with Gasteiger partial charge in [-0.2, -0.15) is 0 Å². The van der Waals surface area contributed by atoms with Gasteiger partial charge in [-0.1, -0.05) is 32.1 Å². The molecule has 0 fully saturated rings. The molecule has 5 heteroatoms. The molecule has 2 aromatic rings. The average molecular weight is 323 g/mol. The molecular weight excluding hydrogens is 302 g/mol. The summed E-state index contributed by atoms with van der Waals surface area (Å²) in [6.07, 6.45) is 3.03. The Bertz CT molecular complexity index is 737. The fourth-order valence-electron chi connectivity index (χ4n) is 2.11. The SMILES string of the molecule is C=CCNC(=O)c1ccnc(C(=O)Nc2ccc(C(C)C)cc2)c1. The van der Waals surface area contributed by atoms with E-state index in [1.807, 2.05) is 24.3 Å². The molecule has 0 saturated carbocycles. The van der Waals surface area contributed by atoms with Crippen LogP contribution in [0.5, 0.6) is 0 Å². The molecule has 1 aromatic heterocycles. The van der Waals surface area contributed by atoms with Crippen LogP contribution in [0.4, 0.5) is 5.69 Å². The van der Waals surface area contributed by atoms with E-state index < -0.39 is 0 Å². The van der Waals surface area contributed by atoms with Crippen LogP contribution in [0.15, 0.2) is 55.3 Å². The predicted molar refractivity (Wildman–Crippen MR) is 95.3 cm³/mol. The van der Waals surface area contributed by atoms with Crippen molar-refractivity contribution in [1.82, 2.24) is 10.3 Å². The molecule has 0 saturated heterocycles. The number of carbonyl (C=O) groups is 2. The summed E-state index contributed by atoms with van der Waals surface area (Å²) in [5.74, 6) is -0.194. The average Bonchev–Trinajstić information content (AvgIpc) is 2.60. The normalized spacial score (nSPS) is 10.3. The molecule has 5 nitrogen and oxygen atoms in total. The number of nitrogens with one attached hydrogen (secondary N) is 2. The van der Waals surface area contributed by atoms with Gasteiger partial charge in [0.1, 0.15) is 5.69 Å². The Kier molecular flexibility index (Phi) is 5.84. The summed E-state index contributed by atoms with van der Waals surface area (Å²) in [4.78, 5) is 28.3. The van der Waals surface area contributed by atoms with Crippen molar-refractivity contribution >= 4 is 17.5 Å². The van der Waals surface area contributed by atoms with Gasteiger partial charge in [-0.3, -0.25) is 14.6 Å². The van der Waals surface area contributed by atoms with Crippen LogP contribution < -0.4 is 10.6 Å². The van der Waals surface area contributed by atoms with Crippen molar-refractivity contribution in [3.8, 4) is 0 Å². The van der Waals surface area contributed by atoms with E-state index in [1.165, 1.54) is 17.8 Å². The lowest BCUT2D eigenvalue weighted by Crippen LogP contribution is -2.24. The van der Waals surface area contributed by atoms with Gasteiger partial charge in [-0.05, 0) is 35.7 Å². The van der Waals surface area contributed by atoms with Gasteiger partial charge in [0.15, 0.2) is 0 Å². The molecule has 2 rings (SSSR count). The van der Waals surface area contributed by atoms with E-state index in [2.05, 4.69) is 36.0 Å². The van der Waals surface area contributed by atoms with Crippen molar-refractivity contribution in [2.45, 2.75) is 19.8 Å². The van der Waals surface area contributed by atoms with Gasteiger partial charge in [-0.25, -0.2) is 0 Å². The third-order valence-electron chi connectivity index (χ3n) is 3.50. The largest absolute Gasteiger partial charge is 0.349 e. The number of pyridine rings is 1. The minimum absolute atomic E-state index is 0.189. The highest BCUT2D eigenvalue weighted by Gasteiger charge is 2.12. The molecule has 2 amide bonds. The van der Waals surface area contributed by atoms with E-state index in [0.29, 0.717) is 23.7 Å². The second kappa shape index (κ2) is 8.06. The minimum atomic E-state index is -0.356. The van der Waals surface area contributed by atoms with Gasteiger partial charge >= 0.3 is 0 Å². The van der Waals surface area contributed by atoms with Gasteiger partial charge in [0.25, 0.3) is 11.8 Å². The Morgan fingerprint density at radius 2 is 1.88 bits per heavy atom. The first-order valence-corrected chi connectivity index (χ1v) is 7.77. The second-order valence-electron chi connectivity index (χ2n) is 5.66. The first-order valence-electron chi connectivity index (χ1n) is 7.77. The summed E-state index contributed by atoms with van der Waals surface area (Å²) in [6.45, 7) is 8.13. The van der Waals surface area contributed by atoms with E-state index in [1.54, 1.807) is 12.1 Å². The lowest BCUT2D eigenvalue weighted by molar-refractivity contribution is 0.0958. The minimum Gasteiger partial charge on any atom is -0.349 e. The van der Waals surface area contributed by atoms with Crippen LogP contribution in [0, 0.1) is 0 Å². The molecule has 0 bridgehead atoms. The van der Waals surface area contributed by atoms with E-state index in [-0.39, 0.29) is 17.5 Å². The van der Waals surface area contributed by atoms with E-state index in [0.717, 1.165) is 0 Å². The van der Waals surface area contributed by atoms with Crippen LogP contribution in [0.25, 0.3) is 0 Å². The Morgan fingerprint density at radius 1 is 1.17 bits per heavy atom. The third kappa shape index (κ3) is 4.52. The summed E-state index contributed by atoms with van der Waals surface area (Å²) >= 11 is 0. The van der Waals surface area contributed by atoms with Crippen molar-refractivity contribution in [2.75, 3.05) is 11.9 Å². The fraction of sp³-hybridized carbons (Fsp3) is 0.211. The van der Waals surface area contributed by atoms with Crippen LogP contribution in [-0.2, 0) is 0 Å². The topological polar surface area (TPSA) is 71.1 Å². The Hall–Kier alpha value is -2.95. The zero-order valence-electron chi connectivity index (χ0n) is 13.9. The molecule has 124 valence electrons. The van der Waals surface area contributed by atoms with Gasteiger partial charge in [-0.15, -0.1) is 6.58 Å². The first kappa shape index (κ1) is 17.4. The molecule has 1 heterocycles. The maximum Gasteiger partial charge on any atom is 0.274 e. The molecule has 0 aliphatic carbocycles. The Morgan fingerprint density at radius 3 is 2.50 bits per heavy atom. The molecular formula is C19H21N3O2. The third-order valence-corrected chi connectivity index (χ3v) is 3.50. The van der Waals surface area contributed by atoms with Crippen molar-refractivity contribution in [2.24, 2.45) is 0 Å². The van der Waals surface area contributed by atoms with Crippen LogP contribution >= 0.6 is 0 Å². The molecule has 0 aliphatic rings. The number of rotatable bonds is 6. The monoisotopic (exact) mass is 323 g/mol. The van der Waals surface area contributed by atoms with Crippen LogP contribution in [0.3, 0.4) is 0 Å². The number of benzene rings is 1. The van der Waals surface area contributed by atoms with Gasteiger partial charge in [0.2, 0.25) is 0 Å². The molecule has 0 radical (unpaired) electrons. The molecule has 0 atom stereocenters. The highest BCUT2D eigenvalue weighted by molar-refractivity contribution is 6.04. The maximum absolute atomic E-state index is 12.3. The zero-order chi connectivity index (χ0) is 17.5. The fourth-order valence-corrected chi connectivity index (χ4v) is 2.11. The Labute approximate surface area is 141 Å². The van der Waals surface area contributed by atoms with Crippen LogP contribution in [-0.4, -0.2) is 23.3 Å². The number of hydrogen-bond acceptors (Lipinski definition) is 3. The number of amides is 2. The molecule has 0 unspecified atom stereocenters. The quantitative estimate of drug-likeness (QED) is 0.801. The van der Waals surface area contributed by atoms with Crippen LogP contribution in [0.2, 0.25) is 0 Å². The van der Waals surface area contributed by atoms with E-state index in [4.69, 9.17) is 0 Å². The van der Waals surface area contributed by atoms with Gasteiger partial charge in [0.05, 0.1) is 0 Å². The maximum atomic E-state index is 12.3. The highest BCUT2D eigenvalue weighted by Crippen LogP contribution is 2.17. The van der Waals surface area contributed by atoms with E-state index in [9.17, 15) is 9.59 Å². The summed E-state index contributed by atoms with van der Waals surface area (Å²) in [5.41, 5.74) is 2.46. The smallest absolute Gasteiger partial charge is 0.274 e. The first-order chi connectivity index (χ1) is 11.5. The number of anilines is 1. The summed E-state index contributed by atoms with van der Waals surface area (Å²) in [7, 11) is 0. The number of nitrogens with zero attached hydrogens (tertiary/aromatic N) is 1. The molecule has 0 aliphatic heterocycles. The lowest BCUT2D eigenvalue weighted by atomic mass is 10.0. The van der Waals surface area contributed by atoms with Crippen LogP contribution in [0.1, 0.15) is 46.2 Å². The van der Waals surface area contributed by atoms with Gasteiger partial charge in [0, 0.05) is 24.0 Å². The van der Waals surface area contributed by atoms with Gasteiger partial charge < -0.3 is 10.6 Å². The van der Waals surface area contributed by atoms with Crippen molar-refractivity contribution in [3.05, 3.63) is 72.1 Å². The highest BCUT2D eigenvalue weighted by atomic mass is 16.2.